The number of ether oxygens (including phenoxy) is 2. The van der Waals surface area contributed by atoms with Crippen LogP contribution in [0.5, 0.6) is 0 Å². The molecule has 3 aliphatic rings. The number of aliphatic hydroxyl groups excluding tert-OH is 1. The minimum atomic E-state index is -1.08. The van der Waals surface area contributed by atoms with Crippen molar-refractivity contribution in [3.05, 3.63) is 25.3 Å². The number of rotatable bonds is 15. The van der Waals surface area contributed by atoms with Crippen LogP contribution in [-0.2, 0) is 23.9 Å². The van der Waals surface area contributed by atoms with Gasteiger partial charge in [0.1, 0.15) is 17.6 Å². The Morgan fingerprint density at radius 3 is 2.42 bits per heavy atom. The van der Waals surface area contributed by atoms with E-state index in [0.29, 0.717) is 45.2 Å². The van der Waals surface area contributed by atoms with Gasteiger partial charge in [-0.25, -0.2) is 0 Å². The molecule has 0 aliphatic carbocycles. The summed E-state index contributed by atoms with van der Waals surface area (Å²) in [7, 11) is 0. The number of allylic oxidation sites excluding steroid dienone is 1. The molecule has 8 nitrogen and oxygen atoms in total. The first kappa shape index (κ1) is 32.3. The monoisotopic (exact) mass is 560 g/mol. The molecule has 2 unspecified atom stereocenters. The third-order valence-corrected chi connectivity index (χ3v) is 8.89. The Hall–Kier alpha value is -2.19. The first-order valence-corrected chi connectivity index (χ1v) is 15.0. The molecule has 1 spiro atoms. The van der Waals surface area contributed by atoms with Gasteiger partial charge in [-0.3, -0.25) is 14.4 Å². The van der Waals surface area contributed by atoms with Gasteiger partial charge in [0.05, 0.1) is 18.1 Å². The van der Waals surface area contributed by atoms with E-state index < -0.39 is 40.6 Å². The third kappa shape index (κ3) is 6.18. The van der Waals surface area contributed by atoms with E-state index in [0.717, 1.165) is 19.3 Å². The summed E-state index contributed by atoms with van der Waals surface area (Å²) in [5.74, 6) is -2.30. The Balaban J connectivity index is 2.02. The second-order valence-electron chi connectivity index (χ2n) is 13.9. The summed E-state index contributed by atoms with van der Waals surface area (Å²) in [6, 6.07) is -0.835. The van der Waals surface area contributed by atoms with E-state index >= 15 is 0 Å². The SMILES string of the molecule is C=CCCCOC(=O)[C@@H]1[C@H]2C(=O)N(CCCCCO)C(C(=O)N(CC=C)C(C)(C)CC(C)(C)C)C23CC[C@@]1(C)O3. The number of amides is 2. The van der Waals surface area contributed by atoms with Crippen molar-refractivity contribution in [2.24, 2.45) is 17.3 Å². The second kappa shape index (κ2) is 12.4. The quantitative estimate of drug-likeness (QED) is 0.178. The fourth-order valence-electron chi connectivity index (χ4n) is 7.67. The zero-order valence-corrected chi connectivity index (χ0v) is 25.7. The first-order valence-electron chi connectivity index (χ1n) is 15.0. The van der Waals surface area contributed by atoms with Crippen LogP contribution in [0.15, 0.2) is 25.3 Å². The first-order chi connectivity index (χ1) is 18.7. The Labute approximate surface area is 241 Å². The number of unbranched alkanes of at least 4 members (excludes halogenated alkanes) is 3. The predicted octanol–water partition coefficient (Wildman–Crippen LogP) is 4.65. The van der Waals surface area contributed by atoms with Crippen molar-refractivity contribution >= 4 is 17.8 Å². The lowest BCUT2D eigenvalue weighted by Gasteiger charge is -2.45. The number of hydrogen-bond donors (Lipinski definition) is 1. The molecule has 0 saturated carbocycles. The van der Waals surface area contributed by atoms with E-state index in [1.54, 1.807) is 17.1 Å². The molecule has 0 aromatic heterocycles. The summed E-state index contributed by atoms with van der Waals surface area (Å²) in [5, 5.41) is 9.28. The van der Waals surface area contributed by atoms with Crippen LogP contribution in [0, 0.1) is 17.3 Å². The summed E-state index contributed by atoms with van der Waals surface area (Å²) in [6.07, 6.45) is 8.81. The van der Waals surface area contributed by atoms with Crippen LogP contribution in [0.3, 0.4) is 0 Å². The average Bonchev–Trinajstić information content (AvgIpc) is 3.41. The highest BCUT2D eigenvalue weighted by molar-refractivity contribution is 5.98. The van der Waals surface area contributed by atoms with E-state index in [1.165, 1.54) is 0 Å². The van der Waals surface area contributed by atoms with Gasteiger partial charge in [-0.15, -0.1) is 13.2 Å². The summed E-state index contributed by atoms with van der Waals surface area (Å²) in [5.41, 5.74) is -2.48. The molecule has 0 aromatic carbocycles. The van der Waals surface area contributed by atoms with Crippen molar-refractivity contribution in [1.29, 1.82) is 0 Å². The van der Waals surface area contributed by atoms with Crippen molar-refractivity contribution in [2.75, 3.05) is 26.3 Å². The van der Waals surface area contributed by atoms with Crippen molar-refractivity contribution in [3.63, 3.8) is 0 Å². The highest BCUT2D eigenvalue weighted by atomic mass is 16.6. The number of fused-ring (bicyclic) bond motifs is 1. The van der Waals surface area contributed by atoms with Crippen molar-refractivity contribution < 1.29 is 29.0 Å². The van der Waals surface area contributed by atoms with Crippen LogP contribution in [0.4, 0.5) is 0 Å². The van der Waals surface area contributed by atoms with E-state index in [9.17, 15) is 19.5 Å². The smallest absolute Gasteiger partial charge is 0.312 e. The fourth-order valence-corrected chi connectivity index (χ4v) is 7.67. The number of esters is 1. The number of nitrogens with zero attached hydrogens (tertiary/aromatic N) is 2. The molecule has 2 bridgehead atoms. The normalized spacial score (nSPS) is 29.4. The van der Waals surface area contributed by atoms with E-state index in [2.05, 4.69) is 47.8 Å². The second-order valence-corrected chi connectivity index (χ2v) is 13.9. The minimum Gasteiger partial charge on any atom is -0.465 e. The van der Waals surface area contributed by atoms with E-state index in [-0.39, 0.29) is 30.4 Å². The maximum Gasteiger partial charge on any atom is 0.312 e. The summed E-state index contributed by atoms with van der Waals surface area (Å²) >= 11 is 0. The fraction of sp³-hybridized carbons (Fsp3) is 0.781. The topological polar surface area (TPSA) is 96.4 Å². The van der Waals surface area contributed by atoms with Gasteiger partial charge in [-0.2, -0.15) is 0 Å². The maximum absolute atomic E-state index is 14.7. The molecule has 3 fully saturated rings. The van der Waals surface area contributed by atoms with Gasteiger partial charge in [-0.05, 0) is 77.6 Å². The molecule has 226 valence electrons. The number of hydrogen-bond acceptors (Lipinski definition) is 6. The molecule has 40 heavy (non-hydrogen) atoms. The Kier molecular flexibility index (Phi) is 9.99. The van der Waals surface area contributed by atoms with Gasteiger partial charge in [0.2, 0.25) is 11.8 Å². The zero-order chi connectivity index (χ0) is 29.9. The lowest BCUT2D eigenvalue weighted by atomic mass is 9.66. The highest BCUT2D eigenvalue weighted by Crippen LogP contribution is 2.63. The predicted molar refractivity (Wildman–Crippen MR) is 155 cm³/mol. The molecule has 1 N–H and O–H groups in total. The molecule has 5 atom stereocenters. The van der Waals surface area contributed by atoms with Crippen LogP contribution in [-0.4, -0.2) is 81.8 Å². The molecule has 8 heteroatoms. The van der Waals surface area contributed by atoms with Crippen molar-refractivity contribution in [1.82, 2.24) is 9.80 Å². The molecule has 2 amide bonds. The average molecular weight is 561 g/mol. The van der Waals surface area contributed by atoms with Crippen LogP contribution >= 0.6 is 0 Å². The third-order valence-electron chi connectivity index (χ3n) is 8.89. The largest absolute Gasteiger partial charge is 0.465 e. The van der Waals surface area contributed by atoms with Crippen LogP contribution in [0.1, 0.15) is 92.9 Å². The summed E-state index contributed by atoms with van der Waals surface area (Å²) in [4.78, 5) is 45.9. The summed E-state index contributed by atoms with van der Waals surface area (Å²) < 4.78 is 12.4. The maximum atomic E-state index is 14.7. The van der Waals surface area contributed by atoms with Gasteiger partial charge in [0.25, 0.3) is 0 Å². The van der Waals surface area contributed by atoms with Crippen molar-refractivity contribution in [3.8, 4) is 0 Å². The highest BCUT2D eigenvalue weighted by Gasteiger charge is 2.78. The molecule has 0 aromatic rings. The number of carbonyl (C=O) groups excluding carboxylic acids is 3. The van der Waals surface area contributed by atoms with Crippen LogP contribution in [0.2, 0.25) is 0 Å². The number of carbonyl (C=O) groups is 3. The Bertz CT molecular complexity index is 971. The molecule has 3 saturated heterocycles. The molecule has 3 rings (SSSR count). The summed E-state index contributed by atoms with van der Waals surface area (Å²) in [6.45, 7) is 21.2. The van der Waals surface area contributed by atoms with Crippen LogP contribution < -0.4 is 0 Å². The van der Waals surface area contributed by atoms with Gasteiger partial charge >= 0.3 is 5.97 Å². The van der Waals surface area contributed by atoms with Crippen LogP contribution in [0.25, 0.3) is 0 Å². The molecule has 3 aliphatic heterocycles. The number of aliphatic hydroxyl groups is 1. The molecular formula is C32H52N2O6. The Morgan fingerprint density at radius 1 is 1.12 bits per heavy atom. The minimum absolute atomic E-state index is 0.0320. The molecule has 0 radical (unpaired) electrons. The van der Waals surface area contributed by atoms with Gasteiger partial charge < -0.3 is 24.4 Å². The van der Waals surface area contributed by atoms with Crippen molar-refractivity contribution in [2.45, 2.75) is 116 Å². The van der Waals surface area contributed by atoms with E-state index in [1.807, 2.05) is 11.8 Å². The van der Waals surface area contributed by atoms with Gasteiger partial charge in [0, 0.05) is 25.2 Å². The lowest BCUT2D eigenvalue weighted by molar-refractivity contribution is -0.161. The zero-order valence-electron chi connectivity index (χ0n) is 25.7. The molecular weight excluding hydrogens is 508 g/mol. The standard InChI is InChI=1S/C32H52N2O6/c1-9-11-15-21-39-28(38)24-23-26(36)33(19-13-12-14-20-35)25(32(23)17-16-31(24,8)40-32)27(37)34(18-10-2)30(6,7)22-29(3,4)5/h9-10,23-25,35H,1-2,11-22H2,3-8H3/t23-,24-,25?,31+,32?/m0/s1. The van der Waals surface area contributed by atoms with Gasteiger partial charge in [0.15, 0.2) is 0 Å². The van der Waals surface area contributed by atoms with Gasteiger partial charge in [-0.1, -0.05) is 32.9 Å². The number of likely N-dealkylation sites (tertiary alicyclic amines) is 1. The molecule has 3 heterocycles. The van der Waals surface area contributed by atoms with E-state index in [4.69, 9.17) is 9.47 Å². The lowest BCUT2D eigenvalue weighted by Crippen LogP contribution is -2.61. The Morgan fingerprint density at radius 2 is 1.82 bits per heavy atom.